The standard InChI is InChI=1S/C20H32N6S/c1-3-21-20(23-16-9-7-10-17(15-16)27-4-2)22-13-8-12-19-25-24-18-11-5-6-14-26(18)19/h5-6,11,14,16-17H,3-4,7-10,12-13,15H2,1-2H3,(H2,21,22,23). The largest absolute Gasteiger partial charge is 0.357 e. The fourth-order valence-electron chi connectivity index (χ4n) is 3.67. The summed E-state index contributed by atoms with van der Waals surface area (Å²) >= 11 is 2.10. The van der Waals surface area contributed by atoms with Gasteiger partial charge in [0.15, 0.2) is 11.6 Å². The summed E-state index contributed by atoms with van der Waals surface area (Å²) in [5.74, 6) is 3.17. The van der Waals surface area contributed by atoms with Crippen molar-refractivity contribution in [1.82, 2.24) is 25.2 Å². The molecular formula is C20H32N6S. The third-order valence-corrected chi connectivity index (χ3v) is 6.16. The number of hydrogen-bond donors (Lipinski definition) is 2. The average molecular weight is 389 g/mol. The van der Waals surface area contributed by atoms with Gasteiger partial charge in [-0.3, -0.25) is 9.39 Å². The molecule has 2 atom stereocenters. The summed E-state index contributed by atoms with van der Waals surface area (Å²) in [5, 5.41) is 16.4. The highest BCUT2D eigenvalue weighted by molar-refractivity contribution is 7.99. The summed E-state index contributed by atoms with van der Waals surface area (Å²) < 4.78 is 2.06. The zero-order valence-electron chi connectivity index (χ0n) is 16.5. The van der Waals surface area contributed by atoms with Crippen molar-refractivity contribution in [2.45, 2.75) is 63.7 Å². The molecule has 3 rings (SSSR count). The summed E-state index contributed by atoms with van der Waals surface area (Å²) in [4.78, 5) is 4.79. The Hall–Kier alpha value is -1.76. The molecule has 0 aromatic carbocycles. The number of fused-ring (bicyclic) bond motifs is 1. The lowest BCUT2D eigenvalue weighted by Gasteiger charge is -2.30. The van der Waals surface area contributed by atoms with Crippen LogP contribution < -0.4 is 10.6 Å². The molecule has 6 nitrogen and oxygen atoms in total. The van der Waals surface area contributed by atoms with Crippen LogP contribution >= 0.6 is 11.8 Å². The Morgan fingerprint density at radius 2 is 2.22 bits per heavy atom. The van der Waals surface area contributed by atoms with Crippen LogP contribution in [0.15, 0.2) is 29.4 Å². The SMILES string of the molecule is CCNC(=NCCCc1nnc2ccccn12)NC1CCCC(SCC)C1. The number of nitrogens with one attached hydrogen (secondary N) is 2. The van der Waals surface area contributed by atoms with E-state index in [1.165, 1.54) is 31.4 Å². The average Bonchev–Trinajstić information content (AvgIpc) is 3.09. The molecule has 7 heteroatoms. The Balaban J connectivity index is 1.49. The zero-order chi connectivity index (χ0) is 18.9. The topological polar surface area (TPSA) is 66.6 Å². The maximum atomic E-state index is 4.79. The first-order valence-corrected chi connectivity index (χ1v) is 11.3. The van der Waals surface area contributed by atoms with Crippen LogP contribution in [0.1, 0.15) is 51.8 Å². The maximum Gasteiger partial charge on any atom is 0.191 e. The minimum absolute atomic E-state index is 0.543. The van der Waals surface area contributed by atoms with Crippen molar-refractivity contribution < 1.29 is 0 Å². The number of nitrogens with zero attached hydrogens (tertiary/aromatic N) is 4. The van der Waals surface area contributed by atoms with Crippen molar-refractivity contribution in [1.29, 1.82) is 0 Å². The van der Waals surface area contributed by atoms with Gasteiger partial charge in [0, 0.05) is 37.0 Å². The summed E-state index contributed by atoms with van der Waals surface area (Å²) in [5.41, 5.74) is 0.905. The van der Waals surface area contributed by atoms with E-state index in [4.69, 9.17) is 4.99 Å². The summed E-state index contributed by atoms with van der Waals surface area (Å²) in [6, 6.07) is 6.53. The second-order valence-electron chi connectivity index (χ2n) is 6.99. The van der Waals surface area contributed by atoms with Gasteiger partial charge in [-0.25, -0.2) is 0 Å². The van der Waals surface area contributed by atoms with Crippen LogP contribution in [-0.4, -0.2) is 50.7 Å². The third-order valence-electron chi connectivity index (χ3n) is 4.93. The van der Waals surface area contributed by atoms with Gasteiger partial charge in [-0.05, 0) is 50.5 Å². The quantitative estimate of drug-likeness (QED) is 0.413. The molecule has 1 aliphatic carbocycles. The third kappa shape index (κ3) is 5.86. The summed E-state index contributed by atoms with van der Waals surface area (Å²) in [6.45, 7) is 6.05. The minimum atomic E-state index is 0.543. The summed E-state index contributed by atoms with van der Waals surface area (Å²) in [7, 11) is 0. The van der Waals surface area contributed by atoms with Gasteiger partial charge < -0.3 is 10.6 Å². The maximum absolute atomic E-state index is 4.79. The van der Waals surface area contributed by atoms with Crippen molar-refractivity contribution >= 4 is 23.4 Å². The van der Waals surface area contributed by atoms with Crippen LogP contribution in [0.4, 0.5) is 0 Å². The van der Waals surface area contributed by atoms with Gasteiger partial charge in [0.05, 0.1) is 0 Å². The molecule has 1 fully saturated rings. The Morgan fingerprint density at radius 1 is 1.30 bits per heavy atom. The van der Waals surface area contributed by atoms with Crippen LogP contribution in [0, 0.1) is 0 Å². The predicted molar refractivity (Wildman–Crippen MR) is 115 cm³/mol. The Morgan fingerprint density at radius 3 is 3.07 bits per heavy atom. The normalized spacial score (nSPS) is 20.7. The lowest BCUT2D eigenvalue weighted by atomic mass is 9.95. The van der Waals surface area contributed by atoms with Gasteiger partial charge in [0.25, 0.3) is 0 Å². The highest BCUT2D eigenvalue weighted by Gasteiger charge is 2.22. The second kappa shape index (κ2) is 10.5. The van der Waals surface area contributed by atoms with Gasteiger partial charge in [-0.15, -0.1) is 10.2 Å². The smallest absolute Gasteiger partial charge is 0.191 e. The number of aryl methyl sites for hydroxylation is 1. The highest BCUT2D eigenvalue weighted by atomic mass is 32.2. The van der Waals surface area contributed by atoms with Crippen LogP contribution in [0.5, 0.6) is 0 Å². The fraction of sp³-hybridized carbons (Fsp3) is 0.650. The van der Waals surface area contributed by atoms with Crippen molar-refractivity contribution in [3.8, 4) is 0 Å². The molecule has 0 aliphatic heterocycles. The first-order valence-electron chi connectivity index (χ1n) is 10.2. The lowest BCUT2D eigenvalue weighted by Crippen LogP contribution is -2.45. The van der Waals surface area contributed by atoms with Gasteiger partial charge in [0.1, 0.15) is 5.82 Å². The molecule has 0 bridgehead atoms. The van der Waals surface area contributed by atoms with E-state index in [9.17, 15) is 0 Å². The monoisotopic (exact) mass is 388 g/mol. The van der Waals surface area contributed by atoms with Gasteiger partial charge in [-0.1, -0.05) is 19.4 Å². The first kappa shape index (κ1) is 20.0. The van der Waals surface area contributed by atoms with E-state index in [0.717, 1.165) is 48.6 Å². The fourth-order valence-corrected chi connectivity index (χ4v) is 4.84. The molecule has 2 heterocycles. The van der Waals surface area contributed by atoms with Gasteiger partial charge in [-0.2, -0.15) is 11.8 Å². The first-order chi connectivity index (χ1) is 13.3. The van der Waals surface area contributed by atoms with Crippen molar-refractivity contribution in [2.75, 3.05) is 18.8 Å². The number of guanidine groups is 1. The second-order valence-corrected chi connectivity index (χ2v) is 8.57. The van der Waals surface area contributed by atoms with Crippen LogP contribution in [0.25, 0.3) is 5.65 Å². The molecule has 1 aliphatic rings. The number of aliphatic imine (C=N–C) groups is 1. The molecule has 0 amide bonds. The Kier molecular flexibility index (Phi) is 7.80. The van der Waals surface area contributed by atoms with Gasteiger partial charge in [0.2, 0.25) is 0 Å². The number of rotatable bonds is 8. The van der Waals surface area contributed by atoms with E-state index in [0.29, 0.717) is 6.04 Å². The number of thioether (sulfide) groups is 1. The van der Waals surface area contributed by atoms with E-state index in [1.54, 1.807) is 0 Å². The molecule has 0 spiro atoms. The van der Waals surface area contributed by atoms with E-state index >= 15 is 0 Å². The molecule has 2 unspecified atom stereocenters. The molecule has 2 aromatic heterocycles. The van der Waals surface area contributed by atoms with Crippen LogP contribution in [-0.2, 0) is 6.42 Å². The predicted octanol–water partition coefficient (Wildman–Crippen LogP) is 3.28. The lowest BCUT2D eigenvalue weighted by molar-refractivity contribution is 0.419. The molecule has 0 radical (unpaired) electrons. The minimum Gasteiger partial charge on any atom is -0.357 e. The van der Waals surface area contributed by atoms with Crippen molar-refractivity contribution in [3.05, 3.63) is 30.2 Å². The van der Waals surface area contributed by atoms with Crippen molar-refractivity contribution in [3.63, 3.8) is 0 Å². The van der Waals surface area contributed by atoms with Crippen LogP contribution in [0.2, 0.25) is 0 Å². The van der Waals surface area contributed by atoms with Crippen molar-refractivity contribution in [2.24, 2.45) is 4.99 Å². The summed E-state index contributed by atoms with van der Waals surface area (Å²) in [6.07, 6.45) is 9.03. The molecule has 148 valence electrons. The Bertz CT molecular complexity index is 726. The zero-order valence-corrected chi connectivity index (χ0v) is 17.3. The van der Waals surface area contributed by atoms with E-state index in [1.807, 2.05) is 24.4 Å². The molecule has 2 N–H and O–H groups in total. The molecule has 27 heavy (non-hydrogen) atoms. The molecule has 2 aromatic rings. The molecule has 0 saturated heterocycles. The number of aromatic nitrogens is 3. The molecular weight excluding hydrogens is 356 g/mol. The number of hydrogen-bond acceptors (Lipinski definition) is 4. The van der Waals surface area contributed by atoms with E-state index in [2.05, 4.69) is 50.8 Å². The highest BCUT2D eigenvalue weighted by Crippen LogP contribution is 2.28. The van der Waals surface area contributed by atoms with Crippen LogP contribution in [0.3, 0.4) is 0 Å². The Labute approximate surface area is 166 Å². The van der Waals surface area contributed by atoms with Gasteiger partial charge >= 0.3 is 0 Å². The van der Waals surface area contributed by atoms with E-state index in [-0.39, 0.29) is 0 Å². The number of pyridine rings is 1. The van der Waals surface area contributed by atoms with E-state index < -0.39 is 0 Å². The molecule has 1 saturated carbocycles.